The third-order valence-electron chi connectivity index (χ3n) is 4.55. The van der Waals surface area contributed by atoms with Crippen LogP contribution in [0.1, 0.15) is 72.4 Å². The number of benzene rings is 2. The standard InChI is InChI=1S/C27H28.2C2H6/c1-20(2)15-24(16-21(3)4)27-18-25(22-11-7-5-8-12-22)17-26(19-27)23-13-9-6-10-14-23;2*1-2/h5,7-9,11-19H,1,6,10H2,2-4H3;2*1-2H3/b24-15+;;. The van der Waals surface area contributed by atoms with Gasteiger partial charge < -0.3 is 0 Å². The molecule has 0 nitrogen and oxygen atoms in total. The molecule has 31 heavy (non-hydrogen) atoms. The molecule has 3 rings (SSSR count). The highest BCUT2D eigenvalue weighted by molar-refractivity contribution is 5.85. The fourth-order valence-corrected chi connectivity index (χ4v) is 3.37. The second-order valence-electron chi connectivity index (χ2n) is 7.47. The SMILES string of the molecule is C=C(C)/C=C(\C=C(C)C)c1cc(C2=CCCC=C2)cc(-c2ccccc2)c1.CC.CC. The van der Waals surface area contributed by atoms with Gasteiger partial charge in [0.25, 0.3) is 0 Å². The van der Waals surface area contributed by atoms with E-state index in [2.05, 4.69) is 99.3 Å². The van der Waals surface area contributed by atoms with E-state index < -0.39 is 0 Å². The molecule has 0 radical (unpaired) electrons. The third kappa shape index (κ3) is 8.42. The van der Waals surface area contributed by atoms with Crippen LogP contribution in [0, 0.1) is 0 Å². The summed E-state index contributed by atoms with van der Waals surface area (Å²) in [5.74, 6) is 0. The van der Waals surface area contributed by atoms with Gasteiger partial charge in [0.2, 0.25) is 0 Å². The Hall–Kier alpha value is -2.86. The van der Waals surface area contributed by atoms with Gasteiger partial charge >= 0.3 is 0 Å². The maximum Gasteiger partial charge on any atom is -0.0172 e. The molecular formula is C31H40. The molecule has 0 fully saturated rings. The van der Waals surface area contributed by atoms with E-state index in [4.69, 9.17) is 0 Å². The molecule has 0 atom stereocenters. The largest absolute Gasteiger partial charge is 0.0961 e. The van der Waals surface area contributed by atoms with E-state index in [1.54, 1.807) is 0 Å². The molecular weight excluding hydrogens is 372 g/mol. The van der Waals surface area contributed by atoms with Crippen LogP contribution in [-0.2, 0) is 0 Å². The molecule has 0 saturated carbocycles. The molecule has 0 heteroatoms. The zero-order chi connectivity index (χ0) is 23.2. The molecule has 0 saturated heterocycles. The number of hydrogen-bond donors (Lipinski definition) is 0. The molecule has 0 bridgehead atoms. The first-order chi connectivity index (χ1) is 15.0. The second-order valence-corrected chi connectivity index (χ2v) is 7.47. The molecule has 0 amide bonds. The molecule has 0 unspecified atom stereocenters. The van der Waals surface area contributed by atoms with Crippen LogP contribution >= 0.6 is 0 Å². The van der Waals surface area contributed by atoms with Crippen molar-refractivity contribution in [2.45, 2.75) is 61.3 Å². The quantitative estimate of drug-likeness (QED) is 0.428. The maximum atomic E-state index is 4.09. The van der Waals surface area contributed by atoms with Crippen molar-refractivity contribution in [3.05, 3.63) is 108 Å². The van der Waals surface area contributed by atoms with Gasteiger partial charge in [-0.15, -0.1) is 0 Å². The molecule has 0 N–H and O–H groups in total. The highest BCUT2D eigenvalue weighted by Crippen LogP contribution is 2.32. The minimum atomic E-state index is 1.06. The topological polar surface area (TPSA) is 0 Å². The van der Waals surface area contributed by atoms with Gasteiger partial charge in [-0.05, 0) is 85.2 Å². The van der Waals surface area contributed by atoms with E-state index >= 15 is 0 Å². The summed E-state index contributed by atoms with van der Waals surface area (Å²) in [6.45, 7) is 18.4. The van der Waals surface area contributed by atoms with Crippen LogP contribution in [0.25, 0.3) is 22.3 Å². The Kier molecular flexibility index (Phi) is 12.0. The van der Waals surface area contributed by atoms with Gasteiger partial charge in [-0.25, -0.2) is 0 Å². The van der Waals surface area contributed by atoms with E-state index in [0.717, 1.165) is 18.4 Å². The van der Waals surface area contributed by atoms with Crippen LogP contribution < -0.4 is 0 Å². The molecule has 2 aromatic rings. The fraction of sp³-hybridized carbons (Fsp3) is 0.290. The van der Waals surface area contributed by atoms with Crippen molar-refractivity contribution < 1.29 is 0 Å². The molecule has 164 valence electrons. The van der Waals surface area contributed by atoms with Crippen LogP contribution in [0.2, 0.25) is 0 Å². The van der Waals surface area contributed by atoms with Gasteiger partial charge in [0.1, 0.15) is 0 Å². The minimum Gasteiger partial charge on any atom is -0.0961 e. The van der Waals surface area contributed by atoms with Gasteiger partial charge in [-0.2, -0.15) is 0 Å². The summed E-state index contributed by atoms with van der Waals surface area (Å²) in [7, 11) is 0. The average molecular weight is 413 g/mol. The summed E-state index contributed by atoms with van der Waals surface area (Å²) in [5.41, 5.74) is 9.86. The third-order valence-corrected chi connectivity index (χ3v) is 4.55. The average Bonchev–Trinajstić information content (AvgIpc) is 2.81. The van der Waals surface area contributed by atoms with Gasteiger partial charge in [-0.3, -0.25) is 0 Å². The predicted molar refractivity (Wildman–Crippen MR) is 143 cm³/mol. The fourth-order valence-electron chi connectivity index (χ4n) is 3.37. The smallest absolute Gasteiger partial charge is 0.0172 e. The lowest BCUT2D eigenvalue weighted by atomic mass is 9.90. The van der Waals surface area contributed by atoms with Crippen LogP contribution in [0.4, 0.5) is 0 Å². The Morgan fingerprint density at radius 2 is 1.42 bits per heavy atom. The van der Waals surface area contributed by atoms with Crippen LogP contribution in [-0.4, -0.2) is 0 Å². The summed E-state index contributed by atoms with van der Waals surface area (Å²) in [6, 6.07) is 17.5. The van der Waals surface area contributed by atoms with Crippen molar-refractivity contribution in [3.63, 3.8) is 0 Å². The zero-order valence-corrected chi connectivity index (χ0v) is 20.6. The first-order valence-electron chi connectivity index (χ1n) is 11.6. The summed E-state index contributed by atoms with van der Waals surface area (Å²) in [6.07, 6.45) is 13.5. The van der Waals surface area contributed by atoms with Crippen LogP contribution in [0.3, 0.4) is 0 Å². The first-order valence-corrected chi connectivity index (χ1v) is 11.6. The number of rotatable bonds is 5. The van der Waals surface area contributed by atoms with Crippen molar-refractivity contribution >= 4 is 11.1 Å². The normalized spacial score (nSPS) is 12.5. The lowest BCUT2D eigenvalue weighted by molar-refractivity contribution is 1.04. The predicted octanol–water partition coefficient (Wildman–Crippen LogP) is 10.1. The summed E-state index contributed by atoms with van der Waals surface area (Å²) >= 11 is 0. The molecule has 0 spiro atoms. The summed E-state index contributed by atoms with van der Waals surface area (Å²) in [5, 5.41) is 0. The van der Waals surface area contributed by atoms with Gasteiger partial charge in [0.05, 0.1) is 0 Å². The Labute approximate surface area is 191 Å². The van der Waals surface area contributed by atoms with E-state index in [1.165, 1.54) is 39.0 Å². The van der Waals surface area contributed by atoms with Crippen molar-refractivity contribution in [1.82, 2.24) is 0 Å². The highest BCUT2D eigenvalue weighted by atomic mass is 14.1. The molecule has 0 aromatic heterocycles. The van der Waals surface area contributed by atoms with Crippen LogP contribution in [0.15, 0.2) is 96.6 Å². The summed E-state index contributed by atoms with van der Waals surface area (Å²) in [4.78, 5) is 0. The molecule has 1 aliphatic carbocycles. The van der Waals surface area contributed by atoms with Crippen molar-refractivity contribution in [2.24, 2.45) is 0 Å². The molecule has 2 aromatic carbocycles. The maximum absolute atomic E-state index is 4.09. The zero-order valence-electron chi connectivity index (χ0n) is 20.6. The minimum absolute atomic E-state index is 1.06. The second kappa shape index (κ2) is 14.2. The Balaban J connectivity index is 0.00000113. The van der Waals surface area contributed by atoms with E-state index in [9.17, 15) is 0 Å². The monoisotopic (exact) mass is 412 g/mol. The summed E-state index contributed by atoms with van der Waals surface area (Å²) < 4.78 is 0. The molecule has 1 aliphatic rings. The lowest BCUT2D eigenvalue weighted by Gasteiger charge is -2.14. The van der Waals surface area contributed by atoms with Gasteiger partial charge in [0, 0.05) is 0 Å². The molecule has 0 heterocycles. The lowest BCUT2D eigenvalue weighted by Crippen LogP contribution is -1.92. The van der Waals surface area contributed by atoms with E-state index in [1.807, 2.05) is 34.6 Å². The van der Waals surface area contributed by atoms with Crippen LogP contribution in [0.5, 0.6) is 0 Å². The Morgan fingerprint density at radius 1 is 0.774 bits per heavy atom. The van der Waals surface area contributed by atoms with Gasteiger partial charge in [-0.1, -0.05) is 106 Å². The molecule has 0 aliphatic heterocycles. The number of hydrogen-bond acceptors (Lipinski definition) is 0. The Morgan fingerprint density at radius 3 is 1.97 bits per heavy atom. The number of allylic oxidation sites excluding steroid dienone is 9. The van der Waals surface area contributed by atoms with Crippen molar-refractivity contribution in [3.8, 4) is 11.1 Å². The first kappa shape index (κ1) is 26.2. The van der Waals surface area contributed by atoms with Gasteiger partial charge in [0.15, 0.2) is 0 Å². The van der Waals surface area contributed by atoms with E-state index in [-0.39, 0.29) is 0 Å². The Bertz CT molecular complexity index is 943. The highest BCUT2D eigenvalue weighted by Gasteiger charge is 2.09. The van der Waals surface area contributed by atoms with E-state index in [0.29, 0.717) is 0 Å². The van der Waals surface area contributed by atoms with Crippen molar-refractivity contribution in [2.75, 3.05) is 0 Å². The van der Waals surface area contributed by atoms with Crippen molar-refractivity contribution in [1.29, 1.82) is 0 Å².